The molecule has 0 radical (unpaired) electrons. The predicted octanol–water partition coefficient (Wildman–Crippen LogP) is 4.16. The molecule has 0 saturated carbocycles. The number of methoxy groups -OCH3 is 1. The van der Waals surface area contributed by atoms with E-state index in [4.69, 9.17) is 4.79 Å². The topological polar surface area (TPSA) is 46.5 Å². The average Bonchev–Trinajstić information content (AvgIpc) is 2.41. The predicted molar refractivity (Wildman–Crippen MR) is 78.1 cm³/mol. The van der Waals surface area contributed by atoms with E-state index in [2.05, 4.69) is 4.74 Å². The van der Waals surface area contributed by atoms with Crippen LogP contribution in [0, 0.1) is 20.8 Å². The zero-order chi connectivity index (χ0) is 15.1. The second-order valence-corrected chi connectivity index (χ2v) is 3.08. The van der Waals surface area contributed by atoms with Crippen molar-refractivity contribution >= 4 is 6.47 Å². The maximum atomic E-state index is 9.33. The highest BCUT2D eigenvalue weighted by Gasteiger charge is 1.98. The Hall–Kier alpha value is -1.51. The van der Waals surface area contributed by atoms with Crippen LogP contribution in [0.2, 0.25) is 0 Å². The number of carbonyl (C=O) groups is 1. The van der Waals surface area contributed by atoms with Crippen LogP contribution in [0.15, 0.2) is 12.1 Å². The zero-order valence-electron chi connectivity index (χ0n) is 13.0. The molecule has 0 heterocycles. The van der Waals surface area contributed by atoms with E-state index in [9.17, 15) is 5.11 Å². The van der Waals surface area contributed by atoms with Crippen LogP contribution in [-0.2, 0) is 9.53 Å². The first-order chi connectivity index (χ1) is 8.52. The van der Waals surface area contributed by atoms with Crippen molar-refractivity contribution in [3.63, 3.8) is 0 Å². The van der Waals surface area contributed by atoms with Crippen LogP contribution in [0.5, 0.6) is 5.75 Å². The Morgan fingerprint density at radius 2 is 1.28 bits per heavy atom. The quantitative estimate of drug-likeness (QED) is 0.767. The first kappa shape index (κ1) is 21.7. The van der Waals surface area contributed by atoms with Crippen molar-refractivity contribution in [2.75, 3.05) is 7.11 Å². The fourth-order valence-corrected chi connectivity index (χ4v) is 1.17. The van der Waals surface area contributed by atoms with Gasteiger partial charge < -0.3 is 9.84 Å². The number of carbonyl (C=O) groups excluding carboxylic acids is 1. The molecule has 1 aromatic carbocycles. The van der Waals surface area contributed by atoms with Crippen molar-refractivity contribution in [1.29, 1.82) is 0 Å². The number of ether oxygens (including phenoxy) is 1. The van der Waals surface area contributed by atoms with Crippen LogP contribution in [0.1, 0.15) is 44.4 Å². The second kappa shape index (κ2) is 15.5. The standard InChI is InChI=1S/C9H12O.C2H4O2.2C2H6/c1-6-4-7(2)9(10)8(3)5-6;1-4-2-3;2*1-2/h4-5,10H,1-3H3;2H,1H3;2*1-2H3. The number of aryl methyl sites for hydroxylation is 3. The Kier molecular flexibility index (Phi) is 18.7. The molecule has 106 valence electrons. The van der Waals surface area contributed by atoms with E-state index in [0.29, 0.717) is 12.2 Å². The average molecular weight is 256 g/mol. The first-order valence-corrected chi connectivity index (χ1v) is 6.26. The molecule has 0 bridgehead atoms. The molecule has 0 spiro atoms. The summed E-state index contributed by atoms with van der Waals surface area (Å²) in [5, 5.41) is 9.33. The Balaban J connectivity index is -0.000000238. The van der Waals surface area contributed by atoms with E-state index in [0.717, 1.165) is 11.1 Å². The van der Waals surface area contributed by atoms with Crippen LogP contribution in [0.4, 0.5) is 0 Å². The molecule has 0 aliphatic carbocycles. The molecule has 0 aliphatic rings. The Morgan fingerprint density at radius 3 is 1.50 bits per heavy atom. The molecule has 0 saturated heterocycles. The highest BCUT2D eigenvalue weighted by atomic mass is 16.5. The summed E-state index contributed by atoms with van der Waals surface area (Å²) in [4.78, 5) is 8.95. The number of hydrogen-bond acceptors (Lipinski definition) is 3. The van der Waals surface area contributed by atoms with E-state index >= 15 is 0 Å². The van der Waals surface area contributed by atoms with Crippen LogP contribution in [0.3, 0.4) is 0 Å². The van der Waals surface area contributed by atoms with Gasteiger partial charge in [0, 0.05) is 0 Å². The van der Waals surface area contributed by atoms with Gasteiger partial charge in [0.1, 0.15) is 5.75 Å². The summed E-state index contributed by atoms with van der Waals surface area (Å²) in [5.41, 5.74) is 3.11. The minimum absolute atomic E-state index is 0.375. The fourth-order valence-electron chi connectivity index (χ4n) is 1.17. The van der Waals surface area contributed by atoms with E-state index in [1.165, 1.54) is 12.7 Å². The van der Waals surface area contributed by atoms with Gasteiger partial charge >= 0.3 is 0 Å². The summed E-state index contributed by atoms with van der Waals surface area (Å²) in [7, 11) is 1.31. The van der Waals surface area contributed by atoms with Gasteiger partial charge in [0.2, 0.25) is 0 Å². The lowest BCUT2D eigenvalue weighted by atomic mass is 10.1. The summed E-state index contributed by atoms with van der Waals surface area (Å²) in [6.07, 6.45) is 0. The minimum Gasteiger partial charge on any atom is -0.507 e. The van der Waals surface area contributed by atoms with Crippen molar-refractivity contribution < 1.29 is 14.6 Å². The van der Waals surface area contributed by atoms with Gasteiger partial charge in [-0.2, -0.15) is 0 Å². The zero-order valence-corrected chi connectivity index (χ0v) is 13.0. The first-order valence-electron chi connectivity index (χ1n) is 6.26. The molecule has 0 unspecified atom stereocenters. The third kappa shape index (κ3) is 11.0. The number of phenols is 1. The summed E-state index contributed by atoms with van der Waals surface area (Å²) in [6, 6.07) is 3.95. The lowest BCUT2D eigenvalue weighted by molar-refractivity contribution is -0.126. The van der Waals surface area contributed by atoms with E-state index in [1.807, 2.05) is 60.6 Å². The lowest BCUT2D eigenvalue weighted by Crippen LogP contribution is -1.81. The fraction of sp³-hybridized carbons (Fsp3) is 0.533. The molecule has 3 heteroatoms. The molecule has 0 amide bonds. The Labute approximate surface area is 112 Å². The van der Waals surface area contributed by atoms with Gasteiger partial charge in [0.25, 0.3) is 6.47 Å². The van der Waals surface area contributed by atoms with Gasteiger partial charge in [0.15, 0.2) is 0 Å². The number of hydrogen-bond donors (Lipinski definition) is 1. The number of phenolic OH excluding ortho intramolecular Hbond substituents is 1. The molecule has 1 aromatic rings. The lowest BCUT2D eigenvalue weighted by Gasteiger charge is -2.03. The molecule has 18 heavy (non-hydrogen) atoms. The van der Waals surface area contributed by atoms with E-state index < -0.39 is 0 Å². The Bertz CT molecular complexity index is 284. The molecule has 3 nitrogen and oxygen atoms in total. The highest BCUT2D eigenvalue weighted by Crippen LogP contribution is 2.21. The van der Waals surface area contributed by atoms with Gasteiger partial charge in [-0.05, 0) is 31.9 Å². The summed E-state index contributed by atoms with van der Waals surface area (Å²) in [6.45, 7) is 14.2. The summed E-state index contributed by atoms with van der Waals surface area (Å²) < 4.78 is 3.86. The van der Waals surface area contributed by atoms with Crippen molar-refractivity contribution in [1.82, 2.24) is 0 Å². The summed E-state index contributed by atoms with van der Waals surface area (Å²) >= 11 is 0. The van der Waals surface area contributed by atoms with Crippen LogP contribution >= 0.6 is 0 Å². The Morgan fingerprint density at radius 1 is 1.00 bits per heavy atom. The second-order valence-electron chi connectivity index (χ2n) is 3.08. The van der Waals surface area contributed by atoms with Gasteiger partial charge in [-0.3, -0.25) is 4.79 Å². The normalized spacial score (nSPS) is 7.33. The van der Waals surface area contributed by atoms with Gasteiger partial charge in [-0.25, -0.2) is 0 Å². The molecule has 0 aliphatic heterocycles. The van der Waals surface area contributed by atoms with Gasteiger partial charge in [-0.15, -0.1) is 0 Å². The maximum Gasteiger partial charge on any atom is 0.292 e. The summed E-state index contributed by atoms with van der Waals surface area (Å²) in [5.74, 6) is 0.422. The highest BCUT2D eigenvalue weighted by molar-refractivity contribution is 5.41. The van der Waals surface area contributed by atoms with Crippen molar-refractivity contribution in [3.8, 4) is 5.75 Å². The van der Waals surface area contributed by atoms with Crippen molar-refractivity contribution in [2.24, 2.45) is 0 Å². The van der Waals surface area contributed by atoms with Crippen LogP contribution < -0.4 is 0 Å². The molecular weight excluding hydrogens is 228 g/mol. The minimum atomic E-state index is 0.375. The van der Waals surface area contributed by atoms with Gasteiger partial charge in [0.05, 0.1) is 7.11 Å². The molecule has 0 aromatic heterocycles. The third-order valence-corrected chi connectivity index (χ3v) is 1.73. The third-order valence-electron chi connectivity index (χ3n) is 1.73. The number of rotatable bonds is 1. The molecule has 1 N–H and O–H groups in total. The molecule has 1 rings (SSSR count). The number of benzene rings is 1. The molecule has 0 atom stereocenters. The SMILES string of the molecule is CC.CC.COC=O.Cc1cc(C)c(O)c(C)c1. The largest absolute Gasteiger partial charge is 0.507 e. The smallest absolute Gasteiger partial charge is 0.292 e. The maximum absolute atomic E-state index is 9.33. The van der Waals surface area contributed by atoms with Crippen LogP contribution in [-0.4, -0.2) is 18.7 Å². The van der Waals surface area contributed by atoms with Gasteiger partial charge in [-0.1, -0.05) is 45.4 Å². The molecular formula is C15H28O3. The molecule has 0 fully saturated rings. The van der Waals surface area contributed by atoms with Crippen molar-refractivity contribution in [3.05, 3.63) is 28.8 Å². The van der Waals surface area contributed by atoms with Crippen molar-refractivity contribution in [2.45, 2.75) is 48.5 Å². The van der Waals surface area contributed by atoms with E-state index in [1.54, 1.807) is 0 Å². The monoisotopic (exact) mass is 256 g/mol. The van der Waals surface area contributed by atoms with Crippen LogP contribution in [0.25, 0.3) is 0 Å². The number of aromatic hydroxyl groups is 1. The van der Waals surface area contributed by atoms with E-state index in [-0.39, 0.29) is 0 Å².